The largest absolute Gasteiger partial charge is 0.491 e. The van der Waals surface area contributed by atoms with Gasteiger partial charge in [0, 0.05) is 19.3 Å². The Labute approximate surface area is 150 Å². The SMILES string of the molecule is CN(CCOCCOCCOc1ccc(N)cc1)C(=O)OC(C)(C)C. The molecule has 0 unspecified atom stereocenters. The van der Waals surface area contributed by atoms with E-state index in [4.69, 9.17) is 24.7 Å². The molecule has 0 radical (unpaired) electrons. The Morgan fingerprint density at radius 2 is 1.56 bits per heavy atom. The molecule has 0 saturated carbocycles. The van der Waals surface area contributed by atoms with Crippen LogP contribution in [0.1, 0.15) is 20.8 Å². The fourth-order valence-electron chi connectivity index (χ4n) is 1.74. The Kier molecular flexibility index (Phi) is 9.08. The van der Waals surface area contributed by atoms with Crippen molar-refractivity contribution in [2.24, 2.45) is 0 Å². The van der Waals surface area contributed by atoms with E-state index >= 15 is 0 Å². The average Bonchev–Trinajstić information content (AvgIpc) is 2.53. The highest BCUT2D eigenvalue weighted by atomic mass is 16.6. The van der Waals surface area contributed by atoms with Gasteiger partial charge in [0.05, 0.1) is 26.4 Å². The number of nitrogens with two attached hydrogens (primary N) is 1. The molecule has 1 aromatic rings. The molecule has 142 valence electrons. The molecule has 0 saturated heterocycles. The second kappa shape index (κ2) is 10.8. The number of benzene rings is 1. The number of rotatable bonds is 10. The van der Waals surface area contributed by atoms with Gasteiger partial charge < -0.3 is 29.6 Å². The highest BCUT2D eigenvalue weighted by Crippen LogP contribution is 2.12. The van der Waals surface area contributed by atoms with Gasteiger partial charge in [0.15, 0.2) is 0 Å². The molecule has 0 aliphatic rings. The summed E-state index contributed by atoms with van der Waals surface area (Å²) in [5, 5.41) is 0. The molecule has 1 aromatic carbocycles. The lowest BCUT2D eigenvalue weighted by Crippen LogP contribution is -2.36. The second-order valence-corrected chi connectivity index (χ2v) is 6.54. The number of hydrogen-bond donors (Lipinski definition) is 1. The Morgan fingerprint density at radius 3 is 2.16 bits per heavy atom. The molecular weight excluding hydrogens is 324 g/mol. The van der Waals surface area contributed by atoms with Crippen LogP contribution in [-0.4, -0.2) is 63.2 Å². The topological polar surface area (TPSA) is 83.3 Å². The Bertz CT molecular complexity index is 499. The Balaban J connectivity index is 1.96. The molecule has 0 atom stereocenters. The third kappa shape index (κ3) is 10.5. The molecule has 0 aliphatic heterocycles. The van der Waals surface area contributed by atoms with Gasteiger partial charge in [-0.3, -0.25) is 0 Å². The van der Waals surface area contributed by atoms with E-state index in [-0.39, 0.29) is 6.09 Å². The maximum Gasteiger partial charge on any atom is 0.410 e. The summed E-state index contributed by atoms with van der Waals surface area (Å²) >= 11 is 0. The summed E-state index contributed by atoms with van der Waals surface area (Å²) in [5.74, 6) is 0.763. The monoisotopic (exact) mass is 354 g/mol. The first-order chi connectivity index (χ1) is 11.8. The van der Waals surface area contributed by atoms with Gasteiger partial charge in [-0.25, -0.2) is 4.79 Å². The molecule has 0 heterocycles. The van der Waals surface area contributed by atoms with Crippen LogP contribution in [0.15, 0.2) is 24.3 Å². The van der Waals surface area contributed by atoms with Gasteiger partial charge in [-0.2, -0.15) is 0 Å². The number of carbonyl (C=O) groups excluding carboxylic acids is 1. The van der Waals surface area contributed by atoms with E-state index in [0.29, 0.717) is 45.3 Å². The maximum absolute atomic E-state index is 11.7. The first-order valence-electron chi connectivity index (χ1n) is 8.36. The predicted octanol–water partition coefficient (Wildman–Crippen LogP) is 2.55. The van der Waals surface area contributed by atoms with E-state index in [0.717, 1.165) is 5.75 Å². The van der Waals surface area contributed by atoms with E-state index in [1.807, 2.05) is 32.9 Å². The number of likely N-dealkylation sites (N-methyl/N-ethyl adjacent to an activating group) is 1. The normalized spacial score (nSPS) is 11.2. The van der Waals surface area contributed by atoms with Gasteiger partial charge in [-0.05, 0) is 45.0 Å². The summed E-state index contributed by atoms with van der Waals surface area (Å²) in [5.41, 5.74) is 5.82. The van der Waals surface area contributed by atoms with E-state index in [1.54, 1.807) is 19.2 Å². The summed E-state index contributed by atoms with van der Waals surface area (Å²) in [4.78, 5) is 13.2. The van der Waals surface area contributed by atoms with E-state index in [9.17, 15) is 4.79 Å². The molecule has 7 heteroatoms. The Hall–Kier alpha value is -1.99. The summed E-state index contributed by atoms with van der Waals surface area (Å²) in [6.07, 6.45) is -0.354. The number of ether oxygens (including phenoxy) is 4. The van der Waals surface area contributed by atoms with Crippen molar-refractivity contribution in [3.05, 3.63) is 24.3 Å². The van der Waals surface area contributed by atoms with Crippen LogP contribution in [0.5, 0.6) is 5.75 Å². The Morgan fingerprint density at radius 1 is 1.00 bits per heavy atom. The van der Waals surface area contributed by atoms with Crippen LogP contribution in [0.2, 0.25) is 0 Å². The predicted molar refractivity (Wildman–Crippen MR) is 96.9 cm³/mol. The zero-order valence-electron chi connectivity index (χ0n) is 15.6. The van der Waals surface area contributed by atoms with Gasteiger partial charge in [-0.15, -0.1) is 0 Å². The van der Waals surface area contributed by atoms with Crippen molar-refractivity contribution in [3.8, 4) is 5.75 Å². The first kappa shape index (κ1) is 21.1. The molecule has 0 aromatic heterocycles. The number of carbonyl (C=O) groups is 1. The molecule has 2 N–H and O–H groups in total. The van der Waals surface area contributed by atoms with Crippen LogP contribution in [0.3, 0.4) is 0 Å². The summed E-state index contributed by atoms with van der Waals surface area (Å²) in [7, 11) is 1.68. The van der Waals surface area contributed by atoms with Crippen molar-refractivity contribution >= 4 is 11.8 Å². The first-order valence-corrected chi connectivity index (χ1v) is 8.36. The zero-order valence-corrected chi connectivity index (χ0v) is 15.6. The third-order valence-electron chi connectivity index (χ3n) is 3.02. The van der Waals surface area contributed by atoms with E-state index < -0.39 is 5.60 Å². The van der Waals surface area contributed by atoms with Crippen molar-refractivity contribution in [1.82, 2.24) is 4.90 Å². The number of amides is 1. The van der Waals surface area contributed by atoms with Gasteiger partial charge >= 0.3 is 6.09 Å². The highest BCUT2D eigenvalue weighted by molar-refractivity contribution is 5.67. The smallest absolute Gasteiger partial charge is 0.410 e. The van der Waals surface area contributed by atoms with Crippen LogP contribution in [0.25, 0.3) is 0 Å². The van der Waals surface area contributed by atoms with Crippen molar-refractivity contribution < 1.29 is 23.7 Å². The minimum atomic E-state index is -0.492. The molecule has 0 bridgehead atoms. The number of anilines is 1. The summed E-state index contributed by atoms with van der Waals surface area (Å²) in [6, 6.07) is 7.22. The van der Waals surface area contributed by atoms with Crippen LogP contribution in [0.4, 0.5) is 10.5 Å². The van der Waals surface area contributed by atoms with Gasteiger partial charge in [0.1, 0.15) is 18.0 Å². The fraction of sp³-hybridized carbons (Fsp3) is 0.611. The van der Waals surface area contributed by atoms with Crippen LogP contribution in [0, 0.1) is 0 Å². The lowest BCUT2D eigenvalue weighted by molar-refractivity contribution is 0.0134. The highest BCUT2D eigenvalue weighted by Gasteiger charge is 2.19. The van der Waals surface area contributed by atoms with Crippen LogP contribution >= 0.6 is 0 Å². The average molecular weight is 354 g/mol. The summed E-state index contributed by atoms with van der Waals surface area (Å²) < 4.78 is 21.6. The molecule has 25 heavy (non-hydrogen) atoms. The molecule has 0 fully saturated rings. The third-order valence-corrected chi connectivity index (χ3v) is 3.02. The van der Waals surface area contributed by atoms with E-state index in [1.165, 1.54) is 4.90 Å². The number of nitrogens with zero attached hydrogens (tertiary/aromatic N) is 1. The van der Waals surface area contributed by atoms with Crippen molar-refractivity contribution in [2.45, 2.75) is 26.4 Å². The maximum atomic E-state index is 11.7. The number of nitrogen functional groups attached to an aromatic ring is 1. The molecule has 0 spiro atoms. The molecular formula is C18H30N2O5. The van der Waals surface area contributed by atoms with Crippen molar-refractivity contribution in [1.29, 1.82) is 0 Å². The quantitative estimate of drug-likeness (QED) is 0.513. The standard InChI is InChI=1S/C18H30N2O5/c1-18(2,3)25-17(21)20(4)9-10-22-11-12-23-13-14-24-16-7-5-15(19)6-8-16/h5-8H,9-14,19H2,1-4H3. The molecule has 7 nitrogen and oxygen atoms in total. The van der Waals surface area contributed by atoms with Crippen LogP contribution in [-0.2, 0) is 14.2 Å². The fourth-order valence-corrected chi connectivity index (χ4v) is 1.74. The molecule has 0 aliphatic carbocycles. The second-order valence-electron chi connectivity index (χ2n) is 6.54. The van der Waals surface area contributed by atoms with Gasteiger partial charge in [0.2, 0.25) is 0 Å². The summed E-state index contributed by atoms with van der Waals surface area (Å²) in [6.45, 7) is 8.29. The molecule has 1 rings (SSSR count). The molecule has 1 amide bonds. The minimum absolute atomic E-state index is 0.354. The zero-order chi connectivity index (χ0) is 18.7. The number of hydrogen-bond acceptors (Lipinski definition) is 6. The van der Waals surface area contributed by atoms with E-state index in [2.05, 4.69) is 0 Å². The minimum Gasteiger partial charge on any atom is -0.491 e. The van der Waals surface area contributed by atoms with Gasteiger partial charge in [0.25, 0.3) is 0 Å². The lowest BCUT2D eigenvalue weighted by Gasteiger charge is -2.24. The lowest BCUT2D eigenvalue weighted by atomic mass is 10.2. The van der Waals surface area contributed by atoms with Gasteiger partial charge in [-0.1, -0.05) is 0 Å². The van der Waals surface area contributed by atoms with Crippen molar-refractivity contribution in [2.75, 3.05) is 52.4 Å². The van der Waals surface area contributed by atoms with Crippen molar-refractivity contribution in [3.63, 3.8) is 0 Å². The van der Waals surface area contributed by atoms with Crippen LogP contribution < -0.4 is 10.5 Å².